The molecule has 1 aliphatic carbocycles. The second-order valence-electron chi connectivity index (χ2n) is 7.27. The standard InChI is InChI=1S/C22H22ClN3O2/c23-16-11-12-18-17(13-16)19(14-7-3-1-4-8-14)25-20(22(28)24-18)26-21(27)15-9-5-2-6-10-15/h1,3-4,7-8,11-13,15,20H,2,5-6,9-10H2,(H,24,28)(H,26,27). The van der Waals surface area contributed by atoms with Crippen LogP contribution in [0.1, 0.15) is 43.2 Å². The Labute approximate surface area is 169 Å². The Morgan fingerprint density at radius 1 is 1.07 bits per heavy atom. The highest BCUT2D eigenvalue weighted by Crippen LogP contribution is 2.28. The first kappa shape index (κ1) is 18.7. The number of amides is 2. The van der Waals surface area contributed by atoms with Crippen LogP contribution in [0.2, 0.25) is 5.02 Å². The van der Waals surface area contributed by atoms with Crippen LogP contribution in [0.25, 0.3) is 0 Å². The number of nitrogens with zero attached hydrogens (tertiary/aromatic N) is 1. The van der Waals surface area contributed by atoms with Crippen LogP contribution < -0.4 is 10.6 Å². The van der Waals surface area contributed by atoms with E-state index in [4.69, 9.17) is 11.6 Å². The molecule has 2 amide bonds. The molecule has 6 heteroatoms. The van der Waals surface area contributed by atoms with Gasteiger partial charge in [-0.2, -0.15) is 0 Å². The molecule has 0 bridgehead atoms. The Balaban J connectivity index is 1.70. The van der Waals surface area contributed by atoms with Crippen molar-refractivity contribution in [3.05, 3.63) is 64.7 Å². The molecule has 1 fully saturated rings. The first-order chi connectivity index (χ1) is 13.6. The van der Waals surface area contributed by atoms with E-state index in [-0.39, 0.29) is 17.7 Å². The molecule has 144 valence electrons. The zero-order valence-electron chi connectivity index (χ0n) is 15.5. The van der Waals surface area contributed by atoms with Gasteiger partial charge in [-0.1, -0.05) is 61.2 Å². The van der Waals surface area contributed by atoms with Gasteiger partial charge in [0.1, 0.15) is 0 Å². The van der Waals surface area contributed by atoms with Crippen molar-refractivity contribution in [3.8, 4) is 0 Å². The van der Waals surface area contributed by atoms with E-state index in [1.165, 1.54) is 6.42 Å². The maximum Gasteiger partial charge on any atom is 0.269 e. The Morgan fingerprint density at radius 3 is 2.57 bits per heavy atom. The van der Waals surface area contributed by atoms with E-state index in [1.807, 2.05) is 30.3 Å². The molecular formula is C22H22ClN3O2. The summed E-state index contributed by atoms with van der Waals surface area (Å²) in [6, 6.07) is 14.9. The lowest BCUT2D eigenvalue weighted by Gasteiger charge is -2.22. The molecule has 1 aliphatic heterocycles. The summed E-state index contributed by atoms with van der Waals surface area (Å²) in [6.07, 6.45) is 4.03. The Kier molecular flexibility index (Phi) is 5.44. The molecule has 1 heterocycles. The number of benzene rings is 2. The largest absolute Gasteiger partial charge is 0.326 e. The van der Waals surface area contributed by atoms with Crippen molar-refractivity contribution in [2.45, 2.75) is 38.3 Å². The van der Waals surface area contributed by atoms with Gasteiger partial charge >= 0.3 is 0 Å². The zero-order valence-corrected chi connectivity index (χ0v) is 16.2. The lowest BCUT2D eigenvalue weighted by Crippen LogP contribution is -2.45. The summed E-state index contributed by atoms with van der Waals surface area (Å²) in [4.78, 5) is 30.2. The van der Waals surface area contributed by atoms with E-state index >= 15 is 0 Å². The summed E-state index contributed by atoms with van der Waals surface area (Å²) in [7, 11) is 0. The van der Waals surface area contributed by atoms with E-state index in [1.54, 1.807) is 18.2 Å². The number of hydrogen-bond acceptors (Lipinski definition) is 3. The number of fused-ring (bicyclic) bond motifs is 1. The van der Waals surface area contributed by atoms with Gasteiger partial charge in [0.15, 0.2) is 0 Å². The molecule has 0 spiro atoms. The molecule has 2 N–H and O–H groups in total. The monoisotopic (exact) mass is 395 g/mol. The predicted molar refractivity (Wildman–Crippen MR) is 111 cm³/mol. The fourth-order valence-corrected chi connectivity index (χ4v) is 3.99. The highest BCUT2D eigenvalue weighted by atomic mass is 35.5. The molecule has 1 atom stereocenters. The van der Waals surface area contributed by atoms with Crippen LogP contribution in [0, 0.1) is 5.92 Å². The van der Waals surface area contributed by atoms with Gasteiger partial charge in [-0.25, -0.2) is 4.99 Å². The molecule has 0 radical (unpaired) electrons. The van der Waals surface area contributed by atoms with Gasteiger partial charge in [-0.05, 0) is 31.0 Å². The SMILES string of the molecule is O=C(NC1N=C(c2ccccc2)c2cc(Cl)ccc2NC1=O)C1CCCCC1. The van der Waals surface area contributed by atoms with Crippen LogP contribution in [0.4, 0.5) is 5.69 Å². The number of anilines is 1. The van der Waals surface area contributed by atoms with Crippen molar-refractivity contribution >= 4 is 34.8 Å². The van der Waals surface area contributed by atoms with Crippen LogP contribution in [-0.2, 0) is 9.59 Å². The third-order valence-corrected chi connectivity index (χ3v) is 5.54. The molecular weight excluding hydrogens is 374 g/mol. The van der Waals surface area contributed by atoms with E-state index < -0.39 is 6.17 Å². The third-order valence-electron chi connectivity index (χ3n) is 5.30. The number of benzodiazepines with no additional fused rings is 1. The van der Waals surface area contributed by atoms with Crippen LogP contribution in [0.15, 0.2) is 53.5 Å². The minimum Gasteiger partial charge on any atom is -0.326 e. The number of halogens is 1. The van der Waals surface area contributed by atoms with Crippen molar-refractivity contribution in [3.63, 3.8) is 0 Å². The fraction of sp³-hybridized carbons (Fsp3) is 0.318. The maximum absolute atomic E-state index is 12.8. The van der Waals surface area contributed by atoms with Gasteiger partial charge in [0.25, 0.3) is 5.91 Å². The zero-order chi connectivity index (χ0) is 19.5. The highest BCUT2D eigenvalue weighted by Gasteiger charge is 2.30. The van der Waals surface area contributed by atoms with Crippen LogP contribution in [-0.4, -0.2) is 23.7 Å². The van der Waals surface area contributed by atoms with Crippen LogP contribution in [0.5, 0.6) is 0 Å². The minimum atomic E-state index is -0.976. The van der Waals surface area contributed by atoms with E-state index in [0.717, 1.165) is 36.8 Å². The first-order valence-corrected chi connectivity index (χ1v) is 10.0. The molecule has 2 aromatic rings. The van der Waals surface area contributed by atoms with Crippen molar-refractivity contribution in [1.29, 1.82) is 0 Å². The van der Waals surface area contributed by atoms with Crippen molar-refractivity contribution in [2.24, 2.45) is 10.9 Å². The van der Waals surface area contributed by atoms with Gasteiger partial charge in [-0.15, -0.1) is 0 Å². The number of hydrogen-bond donors (Lipinski definition) is 2. The van der Waals surface area contributed by atoms with E-state index in [9.17, 15) is 9.59 Å². The van der Waals surface area contributed by atoms with Gasteiger partial charge in [0.2, 0.25) is 12.1 Å². The van der Waals surface area contributed by atoms with Gasteiger partial charge < -0.3 is 10.6 Å². The Bertz CT molecular complexity index is 921. The Hall–Kier alpha value is -2.66. The summed E-state index contributed by atoms with van der Waals surface area (Å²) in [5.41, 5.74) is 2.86. The van der Waals surface area contributed by atoms with Gasteiger partial charge in [0.05, 0.1) is 11.4 Å². The van der Waals surface area contributed by atoms with Crippen molar-refractivity contribution < 1.29 is 9.59 Å². The molecule has 2 aliphatic rings. The second-order valence-corrected chi connectivity index (χ2v) is 7.71. The van der Waals surface area contributed by atoms with E-state index in [0.29, 0.717) is 16.4 Å². The van der Waals surface area contributed by atoms with Crippen molar-refractivity contribution in [2.75, 3.05) is 5.32 Å². The third kappa shape index (κ3) is 3.94. The average molecular weight is 396 g/mol. The molecule has 0 aromatic heterocycles. The highest BCUT2D eigenvalue weighted by molar-refractivity contribution is 6.32. The lowest BCUT2D eigenvalue weighted by atomic mass is 9.88. The minimum absolute atomic E-state index is 0.0444. The Morgan fingerprint density at radius 2 is 1.82 bits per heavy atom. The molecule has 0 saturated heterocycles. The van der Waals surface area contributed by atoms with Crippen LogP contribution >= 0.6 is 11.6 Å². The number of nitrogens with one attached hydrogen (secondary N) is 2. The number of carbonyl (C=O) groups excluding carboxylic acids is 2. The predicted octanol–water partition coefficient (Wildman–Crippen LogP) is 4.15. The molecule has 2 aromatic carbocycles. The number of rotatable bonds is 3. The maximum atomic E-state index is 12.8. The summed E-state index contributed by atoms with van der Waals surface area (Å²) >= 11 is 6.20. The molecule has 1 unspecified atom stereocenters. The normalized spacial score (nSPS) is 19.8. The fourth-order valence-electron chi connectivity index (χ4n) is 3.82. The topological polar surface area (TPSA) is 70.6 Å². The molecule has 28 heavy (non-hydrogen) atoms. The quantitative estimate of drug-likeness (QED) is 0.819. The smallest absolute Gasteiger partial charge is 0.269 e. The molecule has 5 nitrogen and oxygen atoms in total. The second kappa shape index (κ2) is 8.15. The lowest BCUT2D eigenvalue weighted by molar-refractivity contribution is -0.129. The number of aliphatic imine (C=N–C) groups is 1. The summed E-state index contributed by atoms with van der Waals surface area (Å²) in [5, 5.41) is 6.29. The van der Waals surface area contributed by atoms with E-state index in [2.05, 4.69) is 15.6 Å². The molecule has 1 saturated carbocycles. The summed E-state index contributed by atoms with van der Waals surface area (Å²) in [6.45, 7) is 0. The van der Waals surface area contributed by atoms with Crippen LogP contribution in [0.3, 0.4) is 0 Å². The summed E-state index contributed by atoms with van der Waals surface area (Å²) < 4.78 is 0. The average Bonchev–Trinajstić information content (AvgIpc) is 2.86. The van der Waals surface area contributed by atoms with Gasteiger partial charge in [0, 0.05) is 22.1 Å². The van der Waals surface area contributed by atoms with Gasteiger partial charge in [-0.3, -0.25) is 9.59 Å². The summed E-state index contributed by atoms with van der Waals surface area (Å²) in [5.74, 6) is -0.490. The number of carbonyl (C=O) groups is 2. The van der Waals surface area contributed by atoms with Crippen molar-refractivity contribution in [1.82, 2.24) is 5.32 Å². The first-order valence-electron chi connectivity index (χ1n) is 9.66. The molecule has 4 rings (SSSR count).